The highest BCUT2D eigenvalue weighted by molar-refractivity contribution is 7.88. The van der Waals surface area contributed by atoms with E-state index in [1.807, 2.05) is 42.5 Å². The molecular formula is C19H24N2O2S. The molecule has 2 aromatic rings. The maximum atomic E-state index is 11.5. The third kappa shape index (κ3) is 6.28. The third-order valence-electron chi connectivity index (χ3n) is 3.64. The zero-order chi connectivity index (χ0) is 17.4. The maximum absolute atomic E-state index is 11.5. The summed E-state index contributed by atoms with van der Waals surface area (Å²) in [4.78, 5) is 0. The summed E-state index contributed by atoms with van der Waals surface area (Å²) in [5, 5.41) is 3.40. The highest BCUT2D eigenvalue weighted by Crippen LogP contribution is 2.08. The average Bonchev–Trinajstić information content (AvgIpc) is 2.57. The standard InChI is InChI=1S/C19H24N2O2S/c1-16(12-17-6-4-3-5-7-17)13-21-14-18-8-10-19(11-9-18)15-24(22,23)20-2/h3-12,20-21H,13-15H2,1-2H3/b16-12+. The van der Waals surface area contributed by atoms with E-state index in [-0.39, 0.29) is 5.75 Å². The van der Waals surface area contributed by atoms with E-state index in [1.165, 1.54) is 18.2 Å². The van der Waals surface area contributed by atoms with Gasteiger partial charge in [0.15, 0.2) is 0 Å². The number of hydrogen-bond acceptors (Lipinski definition) is 3. The van der Waals surface area contributed by atoms with Crippen LogP contribution in [0, 0.1) is 0 Å². The highest BCUT2D eigenvalue weighted by Gasteiger charge is 2.07. The lowest BCUT2D eigenvalue weighted by molar-refractivity contribution is 0.587. The van der Waals surface area contributed by atoms with Gasteiger partial charge in [0, 0.05) is 13.1 Å². The average molecular weight is 344 g/mol. The fourth-order valence-corrected chi connectivity index (χ4v) is 3.11. The number of nitrogens with one attached hydrogen (secondary N) is 2. The fraction of sp³-hybridized carbons (Fsp3) is 0.263. The van der Waals surface area contributed by atoms with Crippen molar-refractivity contribution in [3.8, 4) is 0 Å². The van der Waals surface area contributed by atoms with Gasteiger partial charge in [0.05, 0.1) is 5.75 Å². The number of benzene rings is 2. The molecule has 0 aliphatic carbocycles. The summed E-state index contributed by atoms with van der Waals surface area (Å²) in [6.07, 6.45) is 2.17. The predicted molar refractivity (Wildman–Crippen MR) is 99.9 cm³/mol. The van der Waals surface area contributed by atoms with E-state index in [0.29, 0.717) is 0 Å². The molecular weight excluding hydrogens is 320 g/mol. The first-order valence-electron chi connectivity index (χ1n) is 7.90. The van der Waals surface area contributed by atoms with E-state index >= 15 is 0 Å². The van der Waals surface area contributed by atoms with Gasteiger partial charge in [-0.25, -0.2) is 13.1 Å². The van der Waals surface area contributed by atoms with Crippen molar-refractivity contribution in [1.29, 1.82) is 0 Å². The lowest BCUT2D eigenvalue weighted by Gasteiger charge is -2.07. The molecule has 5 heteroatoms. The van der Waals surface area contributed by atoms with Crippen LogP contribution >= 0.6 is 0 Å². The van der Waals surface area contributed by atoms with Crippen molar-refractivity contribution >= 4 is 16.1 Å². The van der Waals surface area contributed by atoms with Crippen molar-refractivity contribution in [3.05, 3.63) is 76.9 Å². The molecule has 0 amide bonds. The van der Waals surface area contributed by atoms with Crippen LogP contribution in [0.3, 0.4) is 0 Å². The monoisotopic (exact) mass is 344 g/mol. The Morgan fingerprint density at radius 1 is 1.00 bits per heavy atom. The van der Waals surface area contributed by atoms with Crippen molar-refractivity contribution in [2.45, 2.75) is 19.2 Å². The molecule has 0 spiro atoms. The number of hydrogen-bond donors (Lipinski definition) is 2. The van der Waals surface area contributed by atoms with Crippen molar-refractivity contribution < 1.29 is 8.42 Å². The summed E-state index contributed by atoms with van der Waals surface area (Å²) in [6.45, 7) is 3.66. The van der Waals surface area contributed by atoms with Gasteiger partial charge < -0.3 is 5.32 Å². The van der Waals surface area contributed by atoms with Crippen molar-refractivity contribution in [3.63, 3.8) is 0 Å². The van der Waals surface area contributed by atoms with E-state index in [2.05, 4.69) is 35.2 Å². The fourth-order valence-electron chi connectivity index (χ4n) is 2.33. The predicted octanol–water partition coefficient (Wildman–Crippen LogP) is 2.93. The Hall–Kier alpha value is -1.95. The van der Waals surface area contributed by atoms with Crippen LogP contribution in [0.15, 0.2) is 60.2 Å². The zero-order valence-corrected chi connectivity index (χ0v) is 14.9. The molecule has 128 valence electrons. The molecule has 0 bridgehead atoms. The largest absolute Gasteiger partial charge is 0.309 e. The minimum atomic E-state index is -3.22. The molecule has 2 rings (SSSR count). The minimum absolute atomic E-state index is 0.0100. The quantitative estimate of drug-likeness (QED) is 0.774. The van der Waals surface area contributed by atoms with Crippen LogP contribution < -0.4 is 10.0 Å². The third-order valence-corrected chi connectivity index (χ3v) is 4.97. The summed E-state index contributed by atoms with van der Waals surface area (Å²) in [6, 6.07) is 17.9. The lowest BCUT2D eigenvalue weighted by Crippen LogP contribution is -2.20. The molecule has 0 saturated heterocycles. The summed E-state index contributed by atoms with van der Waals surface area (Å²) in [5.74, 6) is 0.0100. The van der Waals surface area contributed by atoms with Gasteiger partial charge >= 0.3 is 0 Å². The molecule has 0 heterocycles. The van der Waals surface area contributed by atoms with Gasteiger partial charge in [-0.1, -0.05) is 66.2 Å². The second-order valence-electron chi connectivity index (χ2n) is 5.78. The molecule has 0 aliphatic rings. The van der Waals surface area contributed by atoms with Crippen LogP contribution in [-0.4, -0.2) is 22.0 Å². The van der Waals surface area contributed by atoms with Gasteiger partial charge in [0.25, 0.3) is 0 Å². The van der Waals surface area contributed by atoms with E-state index in [1.54, 1.807) is 0 Å². The molecule has 0 unspecified atom stereocenters. The van der Waals surface area contributed by atoms with Crippen LogP contribution in [0.1, 0.15) is 23.6 Å². The molecule has 0 radical (unpaired) electrons. The second-order valence-corrected chi connectivity index (χ2v) is 7.71. The Bertz CT molecular complexity index is 767. The summed E-state index contributed by atoms with van der Waals surface area (Å²) < 4.78 is 25.4. The maximum Gasteiger partial charge on any atom is 0.215 e. The smallest absolute Gasteiger partial charge is 0.215 e. The van der Waals surface area contributed by atoms with Gasteiger partial charge in [-0.3, -0.25) is 0 Å². The molecule has 2 aromatic carbocycles. The van der Waals surface area contributed by atoms with Gasteiger partial charge in [0.2, 0.25) is 10.0 Å². The molecule has 0 saturated carbocycles. The molecule has 0 aromatic heterocycles. The van der Waals surface area contributed by atoms with Crippen LogP contribution in [0.25, 0.3) is 6.08 Å². The van der Waals surface area contributed by atoms with E-state index < -0.39 is 10.0 Å². The SMILES string of the molecule is CNS(=O)(=O)Cc1ccc(CNC/C(C)=C/c2ccccc2)cc1. The molecule has 0 aliphatic heterocycles. The molecule has 2 N–H and O–H groups in total. The Morgan fingerprint density at radius 2 is 1.62 bits per heavy atom. The second kappa shape index (κ2) is 8.78. The Morgan fingerprint density at radius 3 is 2.25 bits per heavy atom. The summed E-state index contributed by atoms with van der Waals surface area (Å²) in [5.41, 5.74) is 4.38. The first-order valence-corrected chi connectivity index (χ1v) is 9.56. The Kier molecular flexibility index (Phi) is 6.73. The lowest BCUT2D eigenvalue weighted by atomic mass is 10.1. The van der Waals surface area contributed by atoms with Gasteiger partial charge in [-0.15, -0.1) is 0 Å². The van der Waals surface area contributed by atoms with Crippen LogP contribution in [0.2, 0.25) is 0 Å². The van der Waals surface area contributed by atoms with Crippen LogP contribution in [-0.2, 0) is 22.3 Å². The normalized spacial score (nSPS) is 12.3. The van der Waals surface area contributed by atoms with Crippen molar-refractivity contribution in [1.82, 2.24) is 10.0 Å². The molecule has 0 fully saturated rings. The number of sulfonamides is 1. The van der Waals surface area contributed by atoms with Gasteiger partial charge in [-0.2, -0.15) is 0 Å². The molecule has 4 nitrogen and oxygen atoms in total. The zero-order valence-electron chi connectivity index (χ0n) is 14.1. The van der Waals surface area contributed by atoms with Gasteiger partial charge in [-0.05, 0) is 30.7 Å². The number of rotatable bonds is 8. The van der Waals surface area contributed by atoms with E-state index in [0.717, 1.165) is 24.2 Å². The topological polar surface area (TPSA) is 58.2 Å². The highest BCUT2D eigenvalue weighted by atomic mass is 32.2. The Balaban J connectivity index is 1.83. The molecule has 24 heavy (non-hydrogen) atoms. The summed E-state index contributed by atoms with van der Waals surface area (Å²) >= 11 is 0. The Labute approximate surface area is 144 Å². The van der Waals surface area contributed by atoms with Crippen molar-refractivity contribution in [2.24, 2.45) is 0 Å². The first-order chi connectivity index (χ1) is 11.5. The summed E-state index contributed by atoms with van der Waals surface area (Å²) in [7, 11) is -1.79. The van der Waals surface area contributed by atoms with E-state index in [9.17, 15) is 8.42 Å². The molecule has 0 atom stereocenters. The van der Waals surface area contributed by atoms with Crippen LogP contribution in [0.5, 0.6) is 0 Å². The van der Waals surface area contributed by atoms with Gasteiger partial charge in [0.1, 0.15) is 0 Å². The minimum Gasteiger partial charge on any atom is -0.309 e. The van der Waals surface area contributed by atoms with Crippen molar-refractivity contribution in [2.75, 3.05) is 13.6 Å². The van der Waals surface area contributed by atoms with E-state index in [4.69, 9.17) is 0 Å². The first kappa shape index (κ1) is 18.4. The van der Waals surface area contributed by atoms with Crippen LogP contribution in [0.4, 0.5) is 0 Å².